The van der Waals surface area contributed by atoms with Crippen molar-refractivity contribution in [2.45, 2.75) is 64.7 Å². The number of benzene rings is 1. The summed E-state index contributed by atoms with van der Waals surface area (Å²) in [4.78, 5) is 19.1. The van der Waals surface area contributed by atoms with Crippen molar-refractivity contribution in [3.05, 3.63) is 52.5 Å². The molecule has 2 aromatic rings. The second-order valence-electron chi connectivity index (χ2n) is 8.26. The van der Waals surface area contributed by atoms with Crippen LogP contribution in [0, 0.1) is 0 Å². The predicted octanol–water partition coefficient (Wildman–Crippen LogP) is 4.77. The van der Waals surface area contributed by atoms with Crippen LogP contribution in [0.1, 0.15) is 51.3 Å². The molecular formula is C21H28N2O4S. The van der Waals surface area contributed by atoms with Crippen molar-refractivity contribution in [2.75, 3.05) is 6.61 Å². The molecule has 6 nitrogen and oxygen atoms in total. The molecule has 152 valence electrons. The third-order valence-electron chi connectivity index (χ3n) is 4.43. The molecule has 1 saturated heterocycles. The lowest BCUT2D eigenvalue weighted by atomic mass is 10.1. The first-order valence-corrected chi connectivity index (χ1v) is 10.3. The Morgan fingerprint density at radius 1 is 1.36 bits per heavy atom. The van der Waals surface area contributed by atoms with Crippen LogP contribution in [0.5, 0.6) is 0 Å². The lowest BCUT2D eigenvalue weighted by molar-refractivity contribution is -0.0744. The summed E-state index contributed by atoms with van der Waals surface area (Å²) in [7, 11) is 0. The van der Waals surface area contributed by atoms with Crippen molar-refractivity contribution in [2.24, 2.45) is 0 Å². The lowest BCUT2D eigenvalue weighted by Gasteiger charge is -2.37. The number of amides is 1. The molecule has 0 saturated carbocycles. The van der Waals surface area contributed by atoms with Gasteiger partial charge in [-0.05, 0) is 40.2 Å². The van der Waals surface area contributed by atoms with E-state index >= 15 is 0 Å². The van der Waals surface area contributed by atoms with Crippen LogP contribution in [-0.4, -0.2) is 40.0 Å². The minimum atomic E-state index is -0.793. The quantitative estimate of drug-likeness (QED) is 0.718. The van der Waals surface area contributed by atoms with Crippen molar-refractivity contribution >= 4 is 17.4 Å². The summed E-state index contributed by atoms with van der Waals surface area (Å²) < 4.78 is 17.9. The van der Waals surface area contributed by atoms with Crippen LogP contribution >= 0.6 is 11.3 Å². The highest BCUT2D eigenvalue weighted by Gasteiger charge is 2.50. The van der Waals surface area contributed by atoms with E-state index in [4.69, 9.17) is 14.2 Å². The highest BCUT2D eigenvalue weighted by atomic mass is 32.1. The van der Waals surface area contributed by atoms with Gasteiger partial charge in [-0.1, -0.05) is 30.3 Å². The predicted molar refractivity (Wildman–Crippen MR) is 108 cm³/mol. The van der Waals surface area contributed by atoms with Gasteiger partial charge in [0.05, 0.1) is 19.3 Å². The molecule has 2 atom stereocenters. The van der Waals surface area contributed by atoms with Gasteiger partial charge in [-0.15, -0.1) is 11.3 Å². The summed E-state index contributed by atoms with van der Waals surface area (Å²) in [6.07, 6.45) is 0.928. The number of thiazole rings is 1. The van der Waals surface area contributed by atoms with Crippen LogP contribution in [0.25, 0.3) is 0 Å². The Morgan fingerprint density at radius 3 is 2.68 bits per heavy atom. The maximum Gasteiger partial charge on any atom is 0.413 e. The van der Waals surface area contributed by atoms with Gasteiger partial charge in [0.15, 0.2) is 0 Å². The van der Waals surface area contributed by atoms with E-state index in [1.165, 1.54) is 11.3 Å². The Bertz CT molecular complexity index is 771. The van der Waals surface area contributed by atoms with Crippen molar-refractivity contribution in [3.8, 4) is 0 Å². The first-order chi connectivity index (χ1) is 13.2. The Balaban J connectivity index is 1.86. The number of hydrogen-bond acceptors (Lipinski definition) is 6. The lowest BCUT2D eigenvalue weighted by Crippen LogP contribution is -2.51. The zero-order valence-electron chi connectivity index (χ0n) is 17.0. The van der Waals surface area contributed by atoms with Gasteiger partial charge in [0.1, 0.15) is 22.4 Å². The second kappa shape index (κ2) is 8.19. The number of aromatic nitrogens is 1. The fourth-order valence-electron chi connectivity index (χ4n) is 3.20. The Labute approximate surface area is 170 Å². The van der Waals surface area contributed by atoms with Gasteiger partial charge in [-0.2, -0.15) is 0 Å². The summed E-state index contributed by atoms with van der Waals surface area (Å²) in [6, 6.07) is 9.62. The third-order valence-corrected chi connectivity index (χ3v) is 5.26. The second-order valence-corrected chi connectivity index (χ2v) is 9.19. The molecular weight excluding hydrogens is 376 g/mol. The molecule has 2 heterocycles. The largest absolute Gasteiger partial charge is 0.444 e. The van der Waals surface area contributed by atoms with Crippen LogP contribution < -0.4 is 0 Å². The average molecular weight is 405 g/mol. The van der Waals surface area contributed by atoms with Gasteiger partial charge < -0.3 is 14.2 Å². The highest BCUT2D eigenvalue weighted by Crippen LogP contribution is 2.38. The van der Waals surface area contributed by atoms with E-state index in [-0.39, 0.29) is 6.04 Å². The average Bonchev–Trinajstić information content (AvgIpc) is 3.23. The van der Waals surface area contributed by atoms with E-state index in [1.807, 2.05) is 70.3 Å². The normalized spacial score (nSPS) is 20.2. The van der Waals surface area contributed by atoms with Gasteiger partial charge >= 0.3 is 6.09 Å². The van der Waals surface area contributed by atoms with Crippen molar-refractivity contribution in [3.63, 3.8) is 0 Å². The van der Waals surface area contributed by atoms with Crippen molar-refractivity contribution < 1.29 is 19.0 Å². The van der Waals surface area contributed by atoms with Crippen LogP contribution in [-0.2, 0) is 20.8 Å². The monoisotopic (exact) mass is 404 g/mol. The molecule has 0 spiro atoms. The maximum absolute atomic E-state index is 13.0. The SMILES string of the molecule is CC(C)(C)OC(=O)N1[C@@H]([C@H](OCc2ccccc2)c2nccs2)COC1(C)C. The van der Waals surface area contributed by atoms with Crippen molar-refractivity contribution in [1.29, 1.82) is 0 Å². The van der Waals surface area contributed by atoms with Gasteiger partial charge in [0.25, 0.3) is 0 Å². The van der Waals surface area contributed by atoms with Gasteiger partial charge in [0.2, 0.25) is 0 Å². The van der Waals surface area contributed by atoms with Crippen LogP contribution in [0.3, 0.4) is 0 Å². The maximum atomic E-state index is 13.0. The van der Waals surface area contributed by atoms with E-state index in [1.54, 1.807) is 11.1 Å². The van der Waals surface area contributed by atoms with Crippen LogP contribution in [0.2, 0.25) is 0 Å². The molecule has 3 rings (SSSR count). The van der Waals surface area contributed by atoms with Gasteiger partial charge in [-0.3, -0.25) is 4.90 Å². The molecule has 0 aliphatic carbocycles. The fourth-order valence-corrected chi connectivity index (χ4v) is 3.95. The first-order valence-electron chi connectivity index (χ1n) is 9.38. The number of nitrogens with zero attached hydrogens (tertiary/aromatic N) is 2. The molecule has 1 aromatic carbocycles. The molecule has 1 aliphatic rings. The van der Waals surface area contributed by atoms with Gasteiger partial charge in [0, 0.05) is 11.6 Å². The Kier molecular flexibility index (Phi) is 6.07. The number of carbonyl (C=O) groups is 1. The first kappa shape index (κ1) is 20.8. The van der Waals surface area contributed by atoms with E-state index in [2.05, 4.69) is 4.98 Å². The molecule has 1 aromatic heterocycles. The van der Waals surface area contributed by atoms with E-state index in [0.717, 1.165) is 10.6 Å². The van der Waals surface area contributed by atoms with Crippen LogP contribution in [0.4, 0.5) is 4.79 Å². The Hall–Kier alpha value is -1.96. The van der Waals surface area contributed by atoms with Crippen LogP contribution in [0.15, 0.2) is 41.9 Å². The summed E-state index contributed by atoms with van der Waals surface area (Å²) in [5, 5.41) is 2.73. The summed E-state index contributed by atoms with van der Waals surface area (Å²) >= 11 is 1.51. The highest BCUT2D eigenvalue weighted by molar-refractivity contribution is 7.09. The summed E-state index contributed by atoms with van der Waals surface area (Å²) in [6.45, 7) is 10.1. The Morgan fingerprint density at radius 2 is 2.07 bits per heavy atom. The number of carbonyl (C=O) groups excluding carboxylic acids is 1. The fraction of sp³-hybridized carbons (Fsp3) is 0.524. The molecule has 1 amide bonds. The molecule has 0 N–H and O–H groups in total. The molecule has 1 fully saturated rings. The minimum Gasteiger partial charge on any atom is -0.444 e. The molecule has 7 heteroatoms. The van der Waals surface area contributed by atoms with Crippen molar-refractivity contribution in [1.82, 2.24) is 9.88 Å². The third kappa shape index (κ3) is 4.90. The number of hydrogen-bond donors (Lipinski definition) is 0. The molecule has 1 aliphatic heterocycles. The van der Waals surface area contributed by atoms with E-state index < -0.39 is 23.5 Å². The summed E-state index contributed by atoms with van der Waals surface area (Å²) in [5.41, 5.74) is -0.327. The topological polar surface area (TPSA) is 60.9 Å². The van der Waals surface area contributed by atoms with E-state index in [9.17, 15) is 4.79 Å². The van der Waals surface area contributed by atoms with Gasteiger partial charge in [-0.25, -0.2) is 9.78 Å². The standard InChI is InChI=1S/C21H28N2O4S/c1-20(2,3)27-19(24)23-16(14-26-21(23,4)5)17(18-22-11-12-28-18)25-13-15-9-7-6-8-10-15/h6-12,16-17H,13-14H2,1-5H3/t16-,17+/m1/s1. The summed E-state index contributed by atoms with van der Waals surface area (Å²) in [5.74, 6) is 0. The zero-order chi connectivity index (χ0) is 20.4. The number of rotatable bonds is 5. The molecule has 0 bridgehead atoms. The smallest absolute Gasteiger partial charge is 0.413 e. The minimum absolute atomic E-state index is 0.334. The number of ether oxygens (including phenoxy) is 3. The molecule has 28 heavy (non-hydrogen) atoms. The van der Waals surface area contributed by atoms with E-state index in [0.29, 0.717) is 13.2 Å². The molecule has 0 unspecified atom stereocenters. The zero-order valence-corrected chi connectivity index (χ0v) is 17.9. The molecule has 0 radical (unpaired) electrons.